The molecule has 15 heavy (non-hydrogen) atoms. The van der Waals surface area contributed by atoms with Gasteiger partial charge in [0.15, 0.2) is 0 Å². The fourth-order valence-electron chi connectivity index (χ4n) is 1.44. The van der Waals surface area contributed by atoms with Gasteiger partial charge in [0.25, 0.3) is 0 Å². The Kier molecular flexibility index (Phi) is 2.92. The van der Waals surface area contributed by atoms with Crippen molar-refractivity contribution < 1.29 is 4.74 Å². The predicted octanol–water partition coefficient (Wildman–Crippen LogP) is 3.40. The second-order valence-electron chi connectivity index (χ2n) is 3.20. The maximum atomic E-state index is 5.85. The molecule has 2 N–H and O–H groups in total. The normalized spacial score (nSPS) is 10.2. The summed E-state index contributed by atoms with van der Waals surface area (Å²) in [6.07, 6.45) is 0. The second kappa shape index (κ2) is 4.36. The van der Waals surface area contributed by atoms with Gasteiger partial charge in [0.2, 0.25) is 0 Å². The Morgan fingerprint density at radius 2 is 1.93 bits per heavy atom. The molecule has 0 amide bonds. The molecule has 1 heterocycles. The summed E-state index contributed by atoms with van der Waals surface area (Å²) in [4.78, 5) is 0. The van der Waals surface area contributed by atoms with Crippen molar-refractivity contribution in [2.45, 2.75) is 6.92 Å². The molecule has 0 unspecified atom stereocenters. The molecule has 0 aliphatic carbocycles. The smallest absolute Gasteiger partial charge is 0.119 e. The second-order valence-corrected chi connectivity index (χ2v) is 3.94. The van der Waals surface area contributed by atoms with E-state index in [0.29, 0.717) is 6.61 Å². The summed E-state index contributed by atoms with van der Waals surface area (Å²) in [5.74, 6) is 0.898. The first-order chi connectivity index (χ1) is 7.31. The van der Waals surface area contributed by atoms with Crippen LogP contribution in [0.2, 0.25) is 0 Å². The Balaban J connectivity index is 2.28. The minimum absolute atomic E-state index is 0.694. The number of rotatable bonds is 3. The van der Waals surface area contributed by atoms with Crippen LogP contribution in [0.1, 0.15) is 6.92 Å². The maximum absolute atomic E-state index is 5.85. The molecule has 1 aromatic carbocycles. The minimum Gasteiger partial charge on any atom is -0.494 e. The zero-order valence-corrected chi connectivity index (χ0v) is 9.38. The SMILES string of the molecule is CCOc1ccc(-c2cscc2N)cc1. The van der Waals surface area contributed by atoms with Crippen LogP contribution < -0.4 is 10.5 Å². The van der Waals surface area contributed by atoms with Crippen LogP contribution in [0, 0.1) is 0 Å². The molecule has 0 saturated carbocycles. The molecule has 2 aromatic rings. The Morgan fingerprint density at radius 3 is 2.47 bits per heavy atom. The highest BCUT2D eigenvalue weighted by Crippen LogP contribution is 2.30. The van der Waals surface area contributed by atoms with Crippen molar-refractivity contribution in [2.75, 3.05) is 12.3 Å². The van der Waals surface area contributed by atoms with Gasteiger partial charge in [-0.1, -0.05) is 12.1 Å². The number of benzene rings is 1. The van der Waals surface area contributed by atoms with E-state index >= 15 is 0 Å². The topological polar surface area (TPSA) is 35.2 Å². The third-order valence-electron chi connectivity index (χ3n) is 2.17. The van der Waals surface area contributed by atoms with Crippen LogP contribution >= 0.6 is 11.3 Å². The van der Waals surface area contributed by atoms with E-state index in [1.54, 1.807) is 11.3 Å². The minimum atomic E-state index is 0.694. The van der Waals surface area contributed by atoms with Crippen LogP contribution in [0.4, 0.5) is 5.69 Å². The van der Waals surface area contributed by atoms with E-state index in [9.17, 15) is 0 Å². The highest BCUT2D eigenvalue weighted by atomic mass is 32.1. The van der Waals surface area contributed by atoms with Gasteiger partial charge in [0, 0.05) is 16.3 Å². The molecule has 3 heteroatoms. The molecule has 2 nitrogen and oxygen atoms in total. The summed E-state index contributed by atoms with van der Waals surface area (Å²) in [5.41, 5.74) is 8.92. The highest BCUT2D eigenvalue weighted by molar-refractivity contribution is 7.08. The third-order valence-corrected chi connectivity index (χ3v) is 2.93. The summed E-state index contributed by atoms with van der Waals surface area (Å²) in [7, 11) is 0. The molecular weight excluding hydrogens is 206 g/mol. The van der Waals surface area contributed by atoms with Crippen molar-refractivity contribution in [3.05, 3.63) is 35.0 Å². The molecule has 0 bridgehead atoms. The van der Waals surface area contributed by atoms with Crippen LogP contribution in [0.3, 0.4) is 0 Å². The van der Waals surface area contributed by atoms with Gasteiger partial charge in [-0.25, -0.2) is 0 Å². The molecule has 0 spiro atoms. The molecule has 0 radical (unpaired) electrons. The number of nitrogen functional groups attached to an aromatic ring is 1. The molecule has 0 saturated heterocycles. The van der Waals surface area contributed by atoms with Gasteiger partial charge in [-0.05, 0) is 24.6 Å². The molecular formula is C12H13NOS. The third kappa shape index (κ3) is 2.13. The van der Waals surface area contributed by atoms with E-state index in [0.717, 1.165) is 22.6 Å². The maximum Gasteiger partial charge on any atom is 0.119 e. The van der Waals surface area contributed by atoms with Gasteiger partial charge in [-0.15, -0.1) is 11.3 Å². The van der Waals surface area contributed by atoms with Gasteiger partial charge in [-0.2, -0.15) is 0 Å². The van der Waals surface area contributed by atoms with Crippen molar-refractivity contribution in [3.63, 3.8) is 0 Å². The van der Waals surface area contributed by atoms with Crippen molar-refractivity contribution in [3.8, 4) is 16.9 Å². The molecule has 0 aliphatic heterocycles. The van der Waals surface area contributed by atoms with Gasteiger partial charge in [-0.3, -0.25) is 0 Å². The van der Waals surface area contributed by atoms with Crippen LogP contribution in [0.25, 0.3) is 11.1 Å². The fraction of sp³-hybridized carbons (Fsp3) is 0.167. The lowest BCUT2D eigenvalue weighted by Gasteiger charge is -2.04. The van der Waals surface area contributed by atoms with Gasteiger partial charge >= 0.3 is 0 Å². The molecule has 2 rings (SSSR count). The van der Waals surface area contributed by atoms with Gasteiger partial charge in [0.1, 0.15) is 5.75 Å². The van der Waals surface area contributed by atoms with E-state index < -0.39 is 0 Å². The van der Waals surface area contributed by atoms with Crippen molar-refractivity contribution in [2.24, 2.45) is 0 Å². The summed E-state index contributed by atoms with van der Waals surface area (Å²) in [5, 5.41) is 4.01. The van der Waals surface area contributed by atoms with Gasteiger partial charge < -0.3 is 10.5 Å². The van der Waals surface area contributed by atoms with Crippen LogP contribution in [0.15, 0.2) is 35.0 Å². The van der Waals surface area contributed by atoms with Crippen LogP contribution in [-0.4, -0.2) is 6.61 Å². The summed E-state index contributed by atoms with van der Waals surface area (Å²) in [6.45, 7) is 2.67. The Hall–Kier alpha value is -1.48. The summed E-state index contributed by atoms with van der Waals surface area (Å²) in [6, 6.07) is 8.00. The lowest BCUT2D eigenvalue weighted by molar-refractivity contribution is 0.340. The number of nitrogens with two attached hydrogens (primary N) is 1. The van der Waals surface area contributed by atoms with Crippen molar-refractivity contribution >= 4 is 17.0 Å². The molecule has 0 fully saturated rings. The zero-order valence-electron chi connectivity index (χ0n) is 8.57. The first-order valence-corrected chi connectivity index (χ1v) is 5.80. The average Bonchev–Trinajstić information content (AvgIpc) is 2.66. The Labute approximate surface area is 93.3 Å². The van der Waals surface area contributed by atoms with Crippen LogP contribution in [-0.2, 0) is 0 Å². The molecule has 1 aromatic heterocycles. The van der Waals surface area contributed by atoms with E-state index in [1.807, 2.05) is 36.6 Å². The number of hydrogen-bond donors (Lipinski definition) is 1. The van der Waals surface area contributed by atoms with Crippen molar-refractivity contribution in [1.82, 2.24) is 0 Å². The highest BCUT2D eigenvalue weighted by Gasteiger charge is 2.03. The summed E-state index contributed by atoms with van der Waals surface area (Å²) >= 11 is 1.62. The summed E-state index contributed by atoms with van der Waals surface area (Å²) < 4.78 is 5.38. The van der Waals surface area contributed by atoms with Crippen LogP contribution in [0.5, 0.6) is 5.75 Å². The van der Waals surface area contributed by atoms with E-state index in [2.05, 4.69) is 5.38 Å². The van der Waals surface area contributed by atoms with Gasteiger partial charge in [0.05, 0.1) is 12.3 Å². The standard InChI is InChI=1S/C12H13NOS/c1-2-14-10-5-3-9(4-6-10)11-7-15-8-12(11)13/h3-8H,2,13H2,1H3. The Morgan fingerprint density at radius 1 is 1.20 bits per heavy atom. The van der Waals surface area contributed by atoms with E-state index in [-0.39, 0.29) is 0 Å². The fourth-order valence-corrected chi connectivity index (χ4v) is 2.19. The first kappa shape index (κ1) is 10.1. The predicted molar refractivity (Wildman–Crippen MR) is 65.3 cm³/mol. The lowest BCUT2D eigenvalue weighted by atomic mass is 10.1. The Bertz CT molecular complexity index is 433. The number of ether oxygens (including phenoxy) is 1. The quantitative estimate of drug-likeness (QED) is 0.858. The number of thiophene rings is 1. The van der Waals surface area contributed by atoms with Crippen molar-refractivity contribution in [1.29, 1.82) is 0 Å². The number of anilines is 1. The molecule has 78 valence electrons. The van der Waals surface area contributed by atoms with E-state index in [1.165, 1.54) is 0 Å². The lowest BCUT2D eigenvalue weighted by Crippen LogP contribution is -1.91. The first-order valence-electron chi connectivity index (χ1n) is 4.86. The zero-order chi connectivity index (χ0) is 10.7. The van der Waals surface area contributed by atoms with E-state index in [4.69, 9.17) is 10.5 Å². The monoisotopic (exact) mass is 219 g/mol. The molecule has 0 aliphatic rings. The average molecular weight is 219 g/mol. The largest absolute Gasteiger partial charge is 0.494 e. The molecule has 0 atom stereocenters. The number of hydrogen-bond acceptors (Lipinski definition) is 3.